The van der Waals surface area contributed by atoms with Crippen molar-refractivity contribution in [1.82, 2.24) is 0 Å². The Morgan fingerprint density at radius 3 is 2.50 bits per heavy atom. The molecule has 0 atom stereocenters. The van der Waals surface area contributed by atoms with Gasteiger partial charge in [0, 0.05) is 11.4 Å². The molecule has 20 heavy (non-hydrogen) atoms. The van der Waals surface area contributed by atoms with Gasteiger partial charge in [-0.2, -0.15) is 5.26 Å². The maximum absolute atomic E-state index is 11.3. The number of benzene rings is 1. The minimum Gasteiger partial charge on any atom is -0.378 e. The van der Waals surface area contributed by atoms with Gasteiger partial charge in [-0.15, -0.1) is 11.3 Å². The van der Waals surface area contributed by atoms with Crippen molar-refractivity contribution in [3.05, 3.63) is 46.2 Å². The zero-order chi connectivity index (χ0) is 14.6. The zero-order valence-electron chi connectivity index (χ0n) is 10.8. The Morgan fingerprint density at radius 2 is 1.90 bits per heavy atom. The zero-order valence-corrected chi connectivity index (χ0v) is 12.4. The van der Waals surface area contributed by atoms with Crippen molar-refractivity contribution >= 4 is 32.7 Å². The molecule has 0 amide bonds. The van der Waals surface area contributed by atoms with Gasteiger partial charge >= 0.3 is 0 Å². The molecule has 2 rings (SSSR count). The maximum Gasteiger partial charge on any atom is 0.229 e. The molecule has 1 heterocycles. The number of thiophene rings is 1. The van der Waals surface area contributed by atoms with E-state index in [1.54, 1.807) is 24.3 Å². The van der Waals surface area contributed by atoms with Crippen LogP contribution >= 0.6 is 11.3 Å². The van der Waals surface area contributed by atoms with Gasteiger partial charge < -0.3 is 5.32 Å². The highest BCUT2D eigenvalue weighted by atomic mass is 32.2. The standard InChI is InChI=1S/C13H13N3O2S2/c1-20(17,18)16-13-5-3-2-4-12(13)15-9-11-7-6-10(8-14)19-11/h2-7,15-16H,9H2,1H3. The van der Waals surface area contributed by atoms with Gasteiger partial charge in [0.1, 0.15) is 10.9 Å². The summed E-state index contributed by atoms with van der Waals surface area (Å²) in [5.74, 6) is 0. The van der Waals surface area contributed by atoms with Gasteiger partial charge in [-0.3, -0.25) is 4.72 Å². The third-order valence-corrected chi connectivity index (χ3v) is 4.03. The molecule has 0 fully saturated rings. The summed E-state index contributed by atoms with van der Waals surface area (Å²) in [6.07, 6.45) is 1.11. The van der Waals surface area contributed by atoms with Gasteiger partial charge in [-0.05, 0) is 24.3 Å². The molecule has 2 N–H and O–H groups in total. The van der Waals surface area contributed by atoms with Crippen molar-refractivity contribution in [3.63, 3.8) is 0 Å². The topological polar surface area (TPSA) is 82.0 Å². The normalized spacial score (nSPS) is 10.8. The Morgan fingerprint density at radius 1 is 1.20 bits per heavy atom. The summed E-state index contributed by atoms with van der Waals surface area (Å²) in [5.41, 5.74) is 1.21. The summed E-state index contributed by atoms with van der Waals surface area (Å²) in [6.45, 7) is 0.537. The van der Waals surface area contributed by atoms with Crippen LogP contribution in [0.3, 0.4) is 0 Å². The molecule has 0 aliphatic carbocycles. The molecule has 7 heteroatoms. The van der Waals surface area contributed by atoms with Crippen LogP contribution in [0, 0.1) is 11.3 Å². The van der Waals surface area contributed by atoms with Crippen LogP contribution in [0.1, 0.15) is 9.75 Å². The van der Waals surface area contributed by atoms with Crippen molar-refractivity contribution in [2.45, 2.75) is 6.54 Å². The number of anilines is 2. The van der Waals surface area contributed by atoms with E-state index >= 15 is 0 Å². The van der Waals surface area contributed by atoms with Crippen LogP contribution in [0.5, 0.6) is 0 Å². The lowest BCUT2D eigenvalue weighted by Crippen LogP contribution is -2.11. The second-order valence-corrected chi connectivity index (χ2v) is 7.07. The Kier molecular flexibility index (Phi) is 4.27. The van der Waals surface area contributed by atoms with Crippen LogP contribution in [-0.4, -0.2) is 14.7 Å². The van der Waals surface area contributed by atoms with E-state index in [2.05, 4.69) is 16.1 Å². The molecule has 0 spiro atoms. The third kappa shape index (κ3) is 3.98. The van der Waals surface area contributed by atoms with Gasteiger partial charge in [0.15, 0.2) is 0 Å². The fraction of sp³-hybridized carbons (Fsp3) is 0.154. The number of para-hydroxylation sites is 2. The number of nitriles is 1. The van der Waals surface area contributed by atoms with Crippen molar-refractivity contribution in [1.29, 1.82) is 5.26 Å². The summed E-state index contributed by atoms with van der Waals surface area (Å²) in [4.78, 5) is 1.67. The Labute approximate surface area is 121 Å². The van der Waals surface area contributed by atoms with E-state index in [0.717, 1.165) is 11.1 Å². The largest absolute Gasteiger partial charge is 0.378 e. The molecule has 0 saturated heterocycles. The number of rotatable bonds is 5. The Balaban J connectivity index is 2.11. The number of hydrogen-bond donors (Lipinski definition) is 2. The molecule has 0 radical (unpaired) electrons. The van der Waals surface area contributed by atoms with E-state index in [1.165, 1.54) is 11.3 Å². The second kappa shape index (κ2) is 5.94. The first-order valence-electron chi connectivity index (χ1n) is 5.77. The first-order chi connectivity index (χ1) is 9.48. The first-order valence-corrected chi connectivity index (χ1v) is 8.48. The number of nitrogens with one attached hydrogen (secondary N) is 2. The molecule has 104 valence electrons. The average Bonchev–Trinajstić information content (AvgIpc) is 2.84. The van der Waals surface area contributed by atoms with Gasteiger partial charge in [0.25, 0.3) is 0 Å². The summed E-state index contributed by atoms with van der Waals surface area (Å²) in [5, 5.41) is 11.9. The van der Waals surface area contributed by atoms with Crippen LogP contribution in [0.4, 0.5) is 11.4 Å². The highest BCUT2D eigenvalue weighted by Crippen LogP contribution is 2.24. The maximum atomic E-state index is 11.3. The highest BCUT2D eigenvalue weighted by molar-refractivity contribution is 7.92. The van der Waals surface area contributed by atoms with Crippen molar-refractivity contribution < 1.29 is 8.42 Å². The number of sulfonamides is 1. The molecule has 0 bridgehead atoms. The van der Waals surface area contributed by atoms with E-state index in [1.807, 2.05) is 12.1 Å². The molecule has 5 nitrogen and oxygen atoms in total. The highest BCUT2D eigenvalue weighted by Gasteiger charge is 2.07. The predicted octanol–water partition coefficient (Wildman–Crippen LogP) is 2.60. The minimum absolute atomic E-state index is 0.507. The quantitative estimate of drug-likeness (QED) is 0.889. The molecule has 0 saturated carbocycles. The number of hydrogen-bond acceptors (Lipinski definition) is 5. The molecule has 1 aromatic carbocycles. The van der Waals surface area contributed by atoms with E-state index < -0.39 is 10.0 Å². The van der Waals surface area contributed by atoms with Gasteiger partial charge in [0.2, 0.25) is 10.0 Å². The number of nitrogens with zero attached hydrogens (tertiary/aromatic N) is 1. The Bertz CT molecular complexity index is 745. The van der Waals surface area contributed by atoms with Crippen molar-refractivity contribution in [2.24, 2.45) is 0 Å². The minimum atomic E-state index is -3.31. The van der Waals surface area contributed by atoms with Gasteiger partial charge in [-0.25, -0.2) is 8.42 Å². The van der Waals surface area contributed by atoms with E-state index in [0.29, 0.717) is 22.8 Å². The molecule has 0 aliphatic heterocycles. The first kappa shape index (κ1) is 14.4. The Hall–Kier alpha value is -2.04. The molecule has 0 unspecified atom stereocenters. The second-order valence-electron chi connectivity index (χ2n) is 4.15. The molecular weight excluding hydrogens is 294 g/mol. The van der Waals surface area contributed by atoms with Crippen LogP contribution in [0.2, 0.25) is 0 Å². The fourth-order valence-corrected chi connectivity index (χ4v) is 2.96. The monoisotopic (exact) mass is 307 g/mol. The van der Waals surface area contributed by atoms with E-state index in [9.17, 15) is 8.42 Å². The molecule has 0 aliphatic rings. The van der Waals surface area contributed by atoms with Crippen LogP contribution in [0.25, 0.3) is 0 Å². The van der Waals surface area contributed by atoms with Crippen LogP contribution < -0.4 is 10.0 Å². The van der Waals surface area contributed by atoms with Crippen molar-refractivity contribution in [3.8, 4) is 6.07 Å². The average molecular weight is 307 g/mol. The van der Waals surface area contributed by atoms with Crippen LogP contribution in [0.15, 0.2) is 36.4 Å². The lowest BCUT2D eigenvalue weighted by molar-refractivity contribution is 0.607. The van der Waals surface area contributed by atoms with Crippen molar-refractivity contribution in [2.75, 3.05) is 16.3 Å². The third-order valence-electron chi connectivity index (χ3n) is 2.45. The smallest absolute Gasteiger partial charge is 0.229 e. The van der Waals surface area contributed by atoms with E-state index in [-0.39, 0.29) is 0 Å². The lowest BCUT2D eigenvalue weighted by atomic mass is 10.2. The summed E-state index contributed by atoms with van der Waals surface area (Å²) in [7, 11) is -3.31. The van der Waals surface area contributed by atoms with Gasteiger partial charge in [0.05, 0.1) is 17.6 Å². The summed E-state index contributed by atoms with van der Waals surface area (Å²) >= 11 is 1.41. The van der Waals surface area contributed by atoms with E-state index in [4.69, 9.17) is 5.26 Å². The molecule has 1 aromatic heterocycles. The fourth-order valence-electron chi connectivity index (χ4n) is 1.64. The summed E-state index contributed by atoms with van der Waals surface area (Å²) < 4.78 is 25.1. The van der Waals surface area contributed by atoms with Crippen LogP contribution in [-0.2, 0) is 16.6 Å². The SMILES string of the molecule is CS(=O)(=O)Nc1ccccc1NCc1ccc(C#N)s1. The summed E-state index contributed by atoms with van der Waals surface area (Å²) in [6, 6.07) is 12.8. The predicted molar refractivity (Wildman–Crippen MR) is 81.3 cm³/mol. The lowest BCUT2D eigenvalue weighted by Gasteiger charge is -2.11. The van der Waals surface area contributed by atoms with Gasteiger partial charge in [-0.1, -0.05) is 12.1 Å². The molecular formula is C13H13N3O2S2. The molecule has 2 aromatic rings.